The average Bonchev–Trinajstić information content (AvgIpc) is 2.59. The third-order valence-electron chi connectivity index (χ3n) is 2.72. The van der Waals surface area contributed by atoms with Gasteiger partial charge in [-0.25, -0.2) is 4.98 Å². The maximum absolute atomic E-state index is 10.8. The summed E-state index contributed by atoms with van der Waals surface area (Å²) in [6, 6.07) is 0. The van der Waals surface area contributed by atoms with Crippen LogP contribution < -0.4 is 0 Å². The van der Waals surface area contributed by atoms with Crippen LogP contribution >= 0.6 is 0 Å². The molecule has 0 saturated carbocycles. The second-order valence-electron chi connectivity index (χ2n) is 3.82. The fourth-order valence-corrected chi connectivity index (χ4v) is 1.96. The number of rotatable bonds is 3. The summed E-state index contributed by atoms with van der Waals surface area (Å²) in [6.07, 6.45) is 1.98. The number of aromatic amines is 1. The van der Waals surface area contributed by atoms with Crippen LogP contribution in [0, 0.1) is 5.92 Å². The second-order valence-corrected chi connectivity index (χ2v) is 3.82. The normalized spacial score (nSPS) is 19.9. The Morgan fingerprint density at radius 2 is 2.53 bits per heavy atom. The summed E-state index contributed by atoms with van der Waals surface area (Å²) >= 11 is 0. The third-order valence-corrected chi connectivity index (χ3v) is 2.72. The molecule has 1 aliphatic carbocycles. The SMILES string of the molecule is COCc1nc2c([nH]1)CC(C(=O)O)CC2. The highest BCUT2D eigenvalue weighted by Crippen LogP contribution is 2.24. The lowest BCUT2D eigenvalue weighted by molar-refractivity contribution is -0.142. The summed E-state index contributed by atoms with van der Waals surface area (Å²) in [4.78, 5) is 18.3. The lowest BCUT2D eigenvalue weighted by Gasteiger charge is -2.16. The number of hydrogen-bond donors (Lipinski definition) is 2. The number of nitrogens with one attached hydrogen (secondary N) is 1. The maximum atomic E-state index is 10.8. The van der Waals surface area contributed by atoms with Crippen molar-refractivity contribution in [3.63, 3.8) is 0 Å². The Balaban J connectivity index is 2.15. The Labute approximate surface area is 87.5 Å². The number of hydrogen-bond acceptors (Lipinski definition) is 3. The van der Waals surface area contributed by atoms with Crippen LogP contribution in [0.3, 0.4) is 0 Å². The first kappa shape index (κ1) is 10.2. The monoisotopic (exact) mass is 210 g/mol. The third kappa shape index (κ3) is 2.02. The van der Waals surface area contributed by atoms with Crippen LogP contribution in [0.25, 0.3) is 0 Å². The Hall–Kier alpha value is -1.36. The number of carboxylic acid groups (broad SMARTS) is 1. The van der Waals surface area contributed by atoms with Crippen LogP contribution in [0.2, 0.25) is 0 Å². The van der Waals surface area contributed by atoms with Crippen molar-refractivity contribution in [3.05, 3.63) is 17.2 Å². The molecule has 5 nitrogen and oxygen atoms in total. The topological polar surface area (TPSA) is 75.2 Å². The van der Waals surface area contributed by atoms with Gasteiger partial charge < -0.3 is 14.8 Å². The highest BCUT2D eigenvalue weighted by molar-refractivity contribution is 5.70. The minimum absolute atomic E-state index is 0.270. The number of aromatic nitrogens is 2. The summed E-state index contributed by atoms with van der Waals surface area (Å²) < 4.78 is 4.97. The summed E-state index contributed by atoms with van der Waals surface area (Å²) in [5, 5.41) is 8.92. The predicted molar refractivity (Wildman–Crippen MR) is 52.5 cm³/mol. The van der Waals surface area contributed by atoms with E-state index in [-0.39, 0.29) is 5.92 Å². The Kier molecular flexibility index (Phi) is 2.73. The highest BCUT2D eigenvalue weighted by atomic mass is 16.5. The van der Waals surface area contributed by atoms with Gasteiger partial charge in [-0.2, -0.15) is 0 Å². The Bertz CT molecular complexity index is 373. The first-order chi connectivity index (χ1) is 7.20. The molecule has 1 unspecified atom stereocenters. The van der Waals surface area contributed by atoms with Crippen LogP contribution in [0.15, 0.2) is 0 Å². The largest absolute Gasteiger partial charge is 0.481 e. The fraction of sp³-hybridized carbons (Fsp3) is 0.600. The number of imidazole rings is 1. The molecule has 0 bridgehead atoms. The molecule has 1 aromatic heterocycles. The molecule has 2 rings (SSSR count). The van der Waals surface area contributed by atoms with Gasteiger partial charge in [-0.3, -0.25) is 4.79 Å². The molecule has 0 aromatic carbocycles. The second kappa shape index (κ2) is 4.02. The van der Waals surface area contributed by atoms with Crippen molar-refractivity contribution in [3.8, 4) is 0 Å². The number of nitrogens with zero attached hydrogens (tertiary/aromatic N) is 1. The molecule has 0 fully saturated rings. The molecule has 15 heavy (non-hydrogen) atoms. The van der Waals surface area contributed by atoms with Crippen LogP contribution in [-0.2, 0) is 29.0 Å². The minimum atomic E-state index is -0.719. The number of ether oxygens (including phenoxy) is 1. The zero-order valence-electron chi connectivity index (χ0n) is 8.62. The molecule has 0 saturated heterocycles. The lowest BCUT2D eigenvalue weighted by Crippen LogP contribution is -2.22. The van der Waals surface area contributed by atoms with E-state index in [1.165, 1.54) is 0 Å². The molecule has 1 heterocycles. The maximum Gasteiger partial charge on any atom is 0.306 e. The van der Waals surface area contributed by atoms with Crippen molar-refractivity contribution in [2.45, 2.75) is 25.9 Å². The number of carboxylic acids is 1. The van der Waals surface area contributed by atoms with Gasteiger partial charge in [0.2, 0.25) is 0 Å². The van der Waals surface area contributed by atoms with Gasteiger partial charge in [0.15, 0.2) is 0 Å². The molecular weight excluding hydrogens is 196 g/mol. The van der Waals surface area contributed by atoms with Crippen LogP contribution in [0.4, 0.5) is 0 Å². The molecule has 1 aliphatic rings. The number of methoxy groups -OCH3 is 1. The van der Waals surface area contributed by atoms with E-state index in [1.807, 2.05) is 0 Å². The number of aliphatic carboxylic acids is 1. The molecule has 82 valence electrons. The van der Waals surface area contributed by atoms with Gasteiger partial charge in [0.25, 0.3) is 0 Å². The van der Waals surface area contributed by atoms with E-state index in [0.29, 0.717) is 19.4 Å². The van der Waals surface area contributed by atoms with Crippen molar-refractivity contribution >= 4 is 5.97 Å². The van der Waals surface area contributed by atoms with Gasteiger partial charge in [0, 0.05) is 19.2 Å². The van der Waals surface area contributed by atoms with Crippen molar-refractivity contribution < 1.29 is 14.6 Å². The molecule has 1 aromatic rings. The summed E-state index contributed by atoms with van der Waals surface area (Å²) in [7, 11) is 1.61. The first-order valence-electron chi connectivity index (χ1n) is 4.99. The van der Waals surface area contributed by atoms with Gasteiger partial charge in [-0.1, -0.05) is 0 Å². The van der Waals surface area contributed by atoms with Crippen molar-refractivity contribution in [1.82, 2.24) is 9.97 Å². The lowest BCUT2D eigenvalue weighted by atomic mass is 9.90. The average molecular weight is 210 g/mol. The zero-order valence-corrected chi connectivity index (χ0v) is 8.62. The van der Waals surface area contributed by atoms with E-state index in [1.54, 1.807) is 7.11 Å². The van der Waals surface area contributed by atoms with E-state index < -0.39 is 5.97 Å². The van der Waals surface area contributed by atoms with Gasteiger partial charge in [-0.05, 0) is 12.8 Å². The molecule has 5 heteroatoms. The van der Waals surface area contributed by atoms with Crippen molar-refractivity contribution in [2.75, 3.05) is 7.11 Å². The Morgan fingerprint density at radius 3 is 3.20 bits per heavy atom. The summed E-state index contributed by atoms with van der Waals surface area (Å²) in [5.41, 5.74) is 1.96. The van der Waals surface area contributed by atoms with Gasteiger partial charge in [-0.15, -0.1) is 0 Å². The predicted octanol–water partition coefficient (Wildman–Crippen LogP) is 0.746. The first-order valence-corrected chi connectivity index (χ1v) is 4.99. The van der Waals surface area contributed by atoms with Gasteiger partial charge in [0.1, 0.15) is 12.4 Å². The molecule has 0 radical (unpaired) electrons. The molecule has 1 atom stereocenters. The molecule has 0 amide bonds. The van der Waals surface area contributed by atoms with Crippen LogP contribution in [-0.4, -0.2) is 28.2 Å². The van der Waals surface area contributed by atoms with E-state index in [2.05, 4.69) is 9.97 Å². The van der Waals surface area contributed by atoms with Crippen LogP contribution in [0.5, 0.6) is 0 Å². The van der Waals surface area contributed by atoms with E-state index >= 15 is 0 Å². The number of carbonyl (C=O) groups is 1. The highest BCUT2D eigenvalue weighted by Gasteiger charge is 2.26. The standard InChI is InChI=1S/C10H14N2O3/c1-15-5-9-11-7-3-2-6(10(13)14)4-8(7)12-9/h6H,2-5H2,1H3,(H,11,12)(H,13,14). The quantitative estimate of drug-likeness (QED) is 0.771. The smallest absolute Gasteiger partial charge is 0.306 e. The zero-order chi connectivity index (χ0) is 10.8. The minimum Gasteiger partial charge on any atom is -0.481 e. The molecule has 2 N–H and O–H groups in total. The fourth-order valence-electron chi connectivity index (χ4n) is 1.96. The summed E-state index contributed by atoms with van der Waals surface area (Å²) in [6.45, 7) is 0.449. The van der Waals surface area contributed by atoms with E-state index in [4.69, 9.17) is 9.84 Å². The van der Waals surface area contributed by atoms with E-state index in [0.717, 1.165) is 23.6 Å². The van der Waals surface area contributed by atoms with Crippen molar-refractivity contribution in [1.29, 1.82) is 0 Å². The molecular formula is C10H14N2O3. The Morgan fingerprint density at radius 1 is 1.73 bits per heavy atom. The summed E-state index contributed by atoms with van der Waals surface area (Å²) in [5.74, 6) is -0.203. The number of fused-ring (bicyclic) bond motifs is 1. The molecule has 0 spiro atoms. The molecule has 0 aliphatic heterocycles. The van der Waals surface area contributed by atoms with Gasteiger partial charge >= 0.3 is 5.97 Å². The number of aryl methyl sites for hydroxylation is 1. The van der Waals surface area contributed by atoms with Gasteiger partial charge in [0.05, 0.1) is 11.6 Å². The number of H-pyrrole nitrogens is 1. The van der Waals surface area contributed by atoms with Crippen LogP contribution in [0.1, 0.15) is 23.6 Å². The van der Waals surface area contributed by atoms with Crippen molar-refractivity contribution in [2.24, 2.45) is 5.92 Å². The van der Waals surface area contributed by atoms with E-state index in [9.17, 15) is 4.79 Å².